The van der Waals surface area contributed by atoms with Crippen molar-refractivity contribution in [2.24, 2.45) is 7.05 Å². The Hall–Kier alpha value is -1.79. The van der Waals surface area contributed by atoms with E-state index in [-0.39, 0.29) is 17.1 Å². The molecule has 0 fully saturated rings. The zero-order chi connectivity index (χ0) is 15.6. The summed E-state index contributed by atoms with van der Waals surface area (Å²) in [7, 11) is 1.99. The number of rotatable bonds is 5. The van der Waals surface area contributed by atoms with Gasteiger partial charge in [-0.05, 0) is 6.07 Å². The number of nitrogens with zero attached hydrogens (tertiary/aromatic N) is 1. The molecule has 0 saturated carbocycles. The van der Waals surface area contributed by atoms with Crippen LogP contribution in [-0.4, -0.2) is 10.3 Å². The van der Waals surface area contributed by atoms with Crippen molar-refractivity contribution in [3.05, 3.63) is 72.4 Å². The summed E-state index contributed by atoms with van der Waals surface area (Å²) < 4.78 is 7.82. The van der Waals surface area contributed by atoms with Crippen molar-refractivity contribution in [1.29, 1.82) is 0 Å². The molecule has 4 heteroatoms. The summed E-state index contributed by atoms with van der Waals surface area (Å²) in [4.78, 5) is 0. The van der Waals surface area contributed by atoms with Crippen molar-refractivity contribution >= 4 is 11.8 Å². The summed E-state index contributed by atoms with van der Waals surface area (Å²) in [5.74, 6) is 4.18. The Labute approximate surface area is 153 Å². The molecule has 0 saturated heterocycles. The van der Waals surface area contributed by atoms with Crippen LogP contribution in [0.15, 0.2) is 71.9 Å². The van der Waals surface area contributed by atoms with Gasteiger partial charge in [-0.25, -0.2) is 24.3 Å². The van der Waals surface area contributed by atoms with E-state index >= 15 is 0 Å². The van der Waals surface area contributed by atoms with Gasteiger partial charge in [-0.2, -0.15) is 30.3 Å². The van der Waals surface area contributed by atoms with Crippen LogP contribution < -0.4 is 4.74 Å². The first-order valence-electron chi connectivity index (χ1n) is 7.03. The molecule has 0 amide bonds. The average molecular weight is 365 g/mol. The number of terminal acetylenes is 1. The maximum absolute atomic E-state index is 5.79. The topological polar surface area (TPSA) is 14.2 Å². The fourth-order valence-electron chi connectivity index (χ4n) is 1.88. The van der Waals surface area contributed by atoms with Crippen LogP contribution in [0, 0.1) is 12.3 Å². The van der Waals surface area contributed by atoms with Gasteiger partial charge in [0, 0.05) is 13.2 Å². The number of ether oxygens (including phenoxy) is 1. The molecule has 2 aromatic carbocycles. The molecule has 0 bridgehead atoms. The van der Waals surface area contributed by atoms with Gasteiger partial charge >= 0.3 is 17.1 Å². The molecule has 0 radical (unpaired) electrons. The van der Waals surface area contributed by atoms with E-state index in [1.807, 2.05) is 66.3 Å². The first kappa shape index (κ1) is 19.3. The molecule has 1 heterocycles. The van der Waals surface area contributed by atoms with E-state index in [0.29, 0.717) is 12.4 Å². The Morgan fingerprint density at radius 2 is 1.96 bits per heavy atom. The average Bonchev–Trinajstić information content (AvgIpc) is 3.28. The molecule has 0 N–H and O–H groups in total. The van der Waals surface area contributed by atoms with Crippen molar-refractivity contribution < 1.29 is 21.8 Å². The molecule has 2 nitrogen and oxygen atoms in total. The number of hydrogen-bond donors (Lipinski definition) is 0. The molecule has 1 aromatic heterocycles. The van der Waals surface area contributed by atoms with Gasteiger partial charge in [-0.15, -0.1) is 12.0 Å². The second kappa shape index (κ2) is 10.9. The maximum atomic E-state index is 5.79. The summed E-state index contributed by atoms with van der Waals surface area (Å²) in [6.45, 7) is 0.598. The van der Waals surface area contributed by atoms with Gasteiger partial charge in [0.25, 0.3) is 0 Å². The van der Waals surface area contributed by atoms with Crippen LogP contribution in [0.3, 0.4) is 0 Å². The fraction of sp³-hybridized carbons (Fsp3) is 0.158. The zero-order valence-electron chi connectivity index (χ0n) is 13.0. The van der Waals surface area contributed by atoms with Gasteiger partial charge in [0.05, 0.1) is 12.4 Å². The third-order valence-electron chi connectivity index (χ3n) is 2.95. The SMILES string of the molecule is C#CCSc1c(OC[c-]2cccc2)ccn1C.[Fe+2].c1cc[cH-]c1. The van der Waals surface area contributed by atoms with Crippen molar-refractivity contribution in [3.8, 4) is 18.1 Å². The molecular formula is C19H19FeNOS. The van der Waals surface area contributed by atoms with Crippen LogP contribution in [-0.2, 0) is 30.7 Å². The van der Waals surface area contributed by atoms with Gasteiger partial charge in [0.1, 0.15) is 10.8 Å². The first-order valence-corrected chi connectivity index (χ1v) is 8.01. The zero-order valence-corrected chi connectivity index (χ0v) is 14.9. The van der Waals surface area contributed by atoms with Crippen LogP contribution >= 0.6 is 11.8 Å². The van der Waals surface area contributed by atoms with Crippen molar-refractivity contribution in [1.82, 2.24) is 4.57 Å². The maximum Gasteiger partial charge on any atom is 2.00 e. The van der Waals surface area contributed by atoms with E-state index in [0.717, 1.165) is 10.8 Å². The molecular weight excluding hydrogens is 346 g/mol. The second-order valence-corrected chi connectivity index (χ2v) is 5.60. The number of aromatic nitrogens is 1. The monoisotopic (exact) mass is 365 g/mol. The van der Waals surface area contributed by atoms with Crippen LogP contribution in [0.4, 0.5) is 0 Å². The standard InChI is InChI=1S/C14H14NOS.C5H5.Fe/c1-3-10-17-14-13(8-9-15(14)2)16-11-12-6-4-5-7-12;1-2-4-5-3-1;/h1,4-9H,10-11H2,2H3;1-5H;/q2*-1;+2. The molecule has 0 aliphatic rings. The minimum Gasteiger partial charge on any atom is -0.498 e. The van der Waals surface area contributed by atoms with E-state index in [2.05, 4.69) is 18.1 Å². The van der Waals surface area contributed by atoms with Gasteiger partial charge in [0.2, 0.25) is 0 Å². The predicted octanol–water partition coefficient (Wildman–Crippen LogP) is 4.45. The molecule has 0 atom stereocenters. The normalized spacial score (nSPS) is 9.22. The molecule has 0 aliphatic heterocycles. The minimum atomic E-state index is 0. The molecule has 0 unspecified atom stereocenters. The first-order chi connectivity index (χ1) is 10.8. The summed E-state index contributed by atoms with van der Waals surface area (Å²) in [6, 6.07) is 20.1. The van der Waals surface area contributed by atoms with E-state index in [9.17, 15) is 0 Å². The van der Waals surface area contributed by atoms with Crippen LogP contribution in [0.1, 0.15) is 5.56 Å². The predicted molar refractivity (Wildman–Crippen MR) is 93.4 cm³/mol. The van der Waals surface area contributed by atoms with Crippen molar-refractivity contribution in [2.45, 2.75) is 11.6 Å². The van der Waals surface area contributed by atoms with Gasteiger partial charge in [-0.1, -0.05) is 17.7 Å². The molecule has 23 heavy (non-hydrogen) atoms. The Bertz CT molecular complexity index is 660. The Balaban J connectivity index is 0.000000377. The Morgan fingerprint density at radius 3 is 2.52 bits per heavy atom. The largest absolute Gasteiger partial charge is 2.00 e. The van der Waals surface area contributed by atoms with Crippen LogP contribution in [0.5, 0.6) is 5.75 Å². The summed E-state index contributed by atoms with van der Waals surface area (Å²) in [5, 5.41) is 1.08. The third kappa shape index (κ3) is 6.46. The van der Waals surface area contributed by atoms with E-state index in [1.54, 1.807) is 11.8 Å². The van der Waals surface area contributed by atoms with Crippen LogP contribution in [0.2, 0.25) is 0 Å². The molecule has 0 spiro atoms. The molecule has 0 aliphatic carbocycles. The van der Waals surface area contributed by atoms with Crippen molar-refractivity contribution in [2.75, 3.05) is 5.75 Å². The number of aryl methyl sites for hydroxylation is 1. The summed E-state index contributed by atoms with van der Waals surface area (Å²) in [6.07, 6.45) is 7.26. The fourth-order valence-corrected chi connectivity index (χ4v) is 2.63. The van der Waals surface area contributed by atoms with Crippen LogP contribution in [0.25, 0.3) is 0 Å². The van der Waals surface area contributed by atoms with Gasteiger partial charge < -0.3 is 9.30 Å². The van der Waals surface area contributed by atoms with E-state index in [4.69, 9.17) is 11.2 Å². The number of hydrogen-bond acceptors (Lipinski definition) is 2. The Kier molecular flexibility index (Phi) is 9.09. The van der Waals surface area contributed by atoms with Gasteiger partial charge in [-0.3, -0.25) is 0 Å². The quantitative estimate of drug-likeness (QED) is 0.287. The second-order valence-electron chi connectivity index (χ2n) is 4.63. The van der Waals surface area contributed by atoms with Crippen molar-refractivity contribution in [3.63, 3.8) is 0 Å². The number of thioether (sulfide) groups is 1. The Morgan fingerprint density at radius 1 is 1.26 bits per heavy atom. The van der Waals surface area contributed by atoms with E-state index in [1.165, 1.54) is 5.56 Å². The molecule has 3 aromatic rings. The smallest absolute Gasteiger partial charge is 0.498 e. The summed E-state index contributed by atoms with van der Waals surface area (Å²) >= 11 is 1.62. The van der Waals surface area contributed by atoms with E-state index < -0.39 is 0 Å². The minimum absolute atomic E-state index is 0. The van der Waals surface area contributed by atoms with Gasteiger partial charge in [0.15, 0.2) is 0 Å². The third-order valence-corrected chi connectivity index (χ3v) is 4.03. The molecule has 3 rings (SSSR count). The summed E-state index contributed by atoms with van der Waals surface area (Å²) in [5.41, 5.74) is 1.18. The molecule has 120 valence electrons.